The molecular weight excluding hydrogens is 404 g/mol. The third kappa shape index (κ3) is 5.21. The van der Waals surface area contributed by atoms with Crippen LogP contribution in [0.3, 0.4) is 0 Å². The summed E-state index contributed by atoms with van der Waals surface area (Å²) in [6.45, 7) is 8.01. The second-order valence-corrected chi connectivity index (χ2v) is 9.78. The molecule has 1 saturated carbocycles. The molecule has 8 heteroatoms. The number of amides is 2. The molecule has 2 aliphatic rings. The first-order valence-corrected chi connectivity index (χ1v) is 11.6. The Bertz CT molecular complexity index is 776. The minimum atomic E-state index is -1.06. The van der Waals surface area contributed by atoms with Gasteiger partial charge in [-0.15, -0.1) is 11.3 Å². The summed E-state index contributed by atoms with van der Waals surface area (Å²) in [4.78, 5) is 42.6. The van der Waals surface area contributed by atoms with E-state index >= 15 is 0 Å². The average molecular weight is 437 g/mol. The van der Waals surface area contributed by atoms with Crippen molar-refractivity contribution in [2.24, 2.45) is 11.8 Å². The maximum absolute atomic E-state index is 13.5. The Kier molecular flexibility index (Phi) is 7.52. The van der Waals surface area contributed by atoms with Crippen molar-refractivity contribution in [3.05, 3.63) is 15.8 Å². The van der Waals surface area contributed by atoms with Gasteiger partial charge >= 0.3 is 5.97 Å². The number of carboxylic acids is 1. The molecule has 0 atom stereocenters. The van der Waals surface area contributed by atoms with Crippen LogP contribution in [0.1, 0.15) is 66.9 Å². The quantitative estimate of drug-likeness (QED) is 0.736. The number of anilines is 1. The zero-order chi connectivity index (χ0) is 21.8. The summed E-state index contributed by atoms with van der Waals surface area (Å²) in [7, 11) is 0. The second-order valence-electron chi connectivity index (χ2n) is 8.70. The lowest BCUT2D eigenvalue weighted by atomic mass is 9.82. The highest BCUT2D eigenvalue weighted by Gasteiger charge is 2.34. The molecule has 1 aliphatic carbocycles. The molecule has 0 bridgehead atoms. The number of ether oxygens (including phenoxy) is 1. The van der Waals surface area contributed by atoms with Crippen molar-refractivity contribution in [1.29, 1.82) is 0 Å². The van der Waals surface area contributed by atoms with E-state index in [-0.39, 0.29) is 35.1 Å². The van der Waals surface area contributed by atoms with E-state index in [0.29, 0.717) is 37.9 Å². The molecule has 3 rings (SSSR count). The van der Waals surface area contributed by atoms with Crippen LogP contribution in [0.5, 0.6) is 0 Å². The highest BCUT2D eigenvalue weighted by Crippen LogP contribution is 2.37. The summed E-state index contributed by atoms with van der Waals surface area (Å²) in [6, 6.07) is 1.79. The number of carbonyl (C=O) groups excluding carboxylic acids is 2. The van der Waals surface area contributed by atoms with Gasteiger partial charge in [-0.1, -0.05) is 20.8 Å². The van der Waals surface area contributed by atoms with Crippen molar-refractivity contribution < 1.29 is 24.2 Å². The molecule has 2 fully saturated rings. The predicted molar refractivity (Wildman–Crippen MR) is 116 cm³/mol. The highest BCUT2D eigenvalue weighted by atomic mass is 32.1. The van der Waals surface area contributed by atoms with Crippen LogP contribution in [0.25, 0.3) is 0 Å². The summed E-state index contributed by atoms with van der Waals surface area (Å²) >= 11 is 1.19. The Morgan fingerprint density at radius 2 is 1.83 bits per heavy atom. The van der Waals surface area contributed by atoms with Gasteiger partial charge in [0.25, 0.3) is 0 Å². The Hall–Kier alpha value is -1.93. The zero-order valence-corrected chi connectivity index (χ0v) is 18.9. The number of rotatable bonds is 6. The molecule has 1 aliphatic heterocycles. The molecule has 0 aromatic carbocycles. The number of nitrogens with zero attached hydrogens (tertiary/aromatic N) is 2. The van der Waals surface area contributed by atoms with E-state index in [4.69, 9.17) is 4.74 Å². The molecular formula is C22H32N2O5S. The van der Waals surface area contributed by atoms with E-state index in [9.17, 15) is 19.5 Å². The van der Waals surface area contributed by atoms with Gasteiger partial charge in [0.2, 0.25) is 11.8 Å². The van der Waals surface area contributed by atoms with Crippen LogP contribution >= 0.6 is 11.3 Å². The van der Waals surface area contributed by atoms with E-state index in [2.05, 4.69) is 6.92 Å². The van der Waals surface area contributed by atoms with Crippen LogP contribution in [0.4, 0.5) is 5.69 Å². The molecule has 0 spiro atoms. The molecule has 2 heterocycles. The number of morpholine rings is 1. The molecule has 1 aromatic heterocycles. The van der Waals surface area contributed by atoms with Crippen LogP contribution in [-0.2, 0) is 14.3 Å². The van der Waals surface area contributed by atoms with Crippen molar-refractivity contribution in [2.75, 3.05) is 37.7 Å². The number of hydrogen-bond acceptors (Lipinski definition) is 5. The third-order valence-electron chi connectivity index (χ3n) is 6.07. The maximum Gasteiger partial charge on any atom is 0.348 e. The van der Waals surface area contributed by atoms with Gasteiger partial charge < -0.3 is 19.6 Å². The van der Waals surface area contributed by atoms with E-state index in [1.807, 2.05) is 13.8 Å². The molecule has 1 N–H and O–H groups in total. The van der Waals surface area contributed by atoms with Crippen molar-refractivity contribution >= 4 is 34.8 Å². The van der Waals surface area contributed by atoms with Crippen LogP contribution in [0, 0.1) is 11.8 Å². The Balaban J connectivity index is 1.91. The van der Waals surface area contributed by atoms with Crippen molar-refractivity contribution in [1.82, 2.24) is 4.90 Å². The summed E-state index contributed by atoms with van der Waals surface area (Å²) in [6.07, 6.45) is 3.53. The van der Waals surface area contributed by atoms with Crippen LogP contribution in [0.15, 0.2) is 6.07 Å². The lowest BCUT2D eigenvalue weighted by molar-refractivity contribution is -0.135. The Morgan fingerprint density at radius 1 is 1.20 bits per heavy atom. The van der Waals surface area contributed by atoms with E-state index in [0.717, 1.165) is 30.6 Å². The molecule has 7 nitrogen and oxygen atoms in total. The number of thiophene rings is 1. The first-order chi connectivity index (χ1) is 14.3. The minimum Gasteiger partial charge on any atom is -0.477 e. The van der Waals surface area contributed by atoms with E-state index in [1.165, 1.54) is 16.2 Å². The SMILES string of the molecule is CC1CCC(C(=O)N(CC(=O)N2CCOCC2)c2cc(C(C)C)sc2C(=O)O)CC1. The zero-order valence-electron chi connectivity index (χ0n) is 18.1. The first-order valence-electron chi connectivity index (χ1n) is 10.8. The standard InChI is InChI=1S/C22H32N2O5S/c1-14(2)18-12-17(20(30-18)22(27)28)24(13-19(25)23-8-10-29-11-9-23)21(26)16-6-4-15(3)5-7-16/h12,14-16H,4-11,13H2,1-3H3,(H,27,28). The van der Waals surface area contributed by atoms with Gasteiger partial charge in [-0.3, -0.25) is 9.59 Å². The average Bonchev–Trinajstić information content (AvgIpc) is 3.18. The number of hydrogen-bond donors (Lipinski definition) is 1. The third-order valence-corrected chi connectivity index (χ3v) is 7.49. The van der Waals surface area contributed by atoms with Gasteiger partial charge in [-0.2, -0.15) is 0 Å². The molecule has 1 saturated heterocycles. The normalized spacial score (nSPS) is 22.2. The van der Waals surface area contributed by atoms with Gasteiger partial charge in [-0.25, -0.2) is 4.79 Å². The fourth-order valence-corrected chi connectivity index (χ4v) is 5.10. The smallest absolute Gasteiger partial charge is 0.348 e. The lowest BCUT2D eigenvalue weighted by Gasteiger charge is -2.33. The minimum absolute atomic E-state index is 0.126. The second kappa shape index (κ2) is 9.92. The number of carboxylic acid groups (broad SMARTS) is 1. The number of carbonyl (C=O) groups is 3. The largest absolute Gasteiger partial charge is 0.477 e. The molecule has 1 aromatic rings. The van der Waals surface area contributed by atoms with Crippen LogP contribution in [0.2, 0.25) is 0 Å². The van der Waals surface area contributed by atoms with Crippen molar-refractivity contribution in [3.63, 3.8) is 0 Å². The molecule has 0 unspecified atom stereocenters. The Morgan fingerprint density at radius 3 is 2.40 bits per heavy atom. The lowest BCUT2D eigenvalue weighted by Crippen LogP contribution is -2.48. The molecule has 30 heavy (non-hydrogen) atoms. The van der Waals surface area contributed by atoms with Gasteiger partial charge in [0.05, 0.1) is 18.9 Å². The summed E-state index contributed by atoms with van der Waals surface area (Å²) in [5.74, 6) is -0.771. The van der Waals surface area contributed by atoms with Crippen LogP contribution < -0.4 is 4.90 Å². The maximum atomic E-state index is 13.5. The van der Waals surface area contributed by atoms with E-state index < -0.39 is 5.97 Å². The van der Waals surface area contributed by atoms with E-state index in [1.54, 1.807) is 11.0 Å². The Labute approximate surface area is 182 Å². The predicted octanol–water partition coefficient (Wildman–Crippen LogP) is 3.59. The fraction of sp³-hybridized carbons (Fsp3) is 0.682. The van der Waals surface area contributed by atoms with Crippen molar-refractivity contribution in [3.8, 4) is 0 Å². The highest BCUT2D eigenvalue weighted by molar-refractivity contribution is 7.14. The van der Waals surface area contributed by atoms with Crippen molar-refractivity contribution in [2.45, 2.75) is 52.4 Å². The summed E-state index contributed by atoms with van der Waals surface area (Å²) < 4.78 is 5.32. The summed E-state index contributed by atoms with van der Waals surface area (Å²) in [5.41, 5.74) is 0.362. The van der Waals surface area contributed by atoms with Gasteiger partial charge in [-0.05, 0) is 43.6 Å². The monoisotopic (exact) mass is 436 g/mol. The van der Waals surface area contributed by atoms with Gasteiger partial charge in [0, 0.05) is 23.9 Å². The molecule has 166 valence electrons. The van der Waals surface area contributed by atoms with Crippen LogP contribution in [-0.4, -0.2) is 60.6 Å². The van der Waals surface area contributed by atoms with Gasteiger partial charge in [0.15, 0.2) is 0 Å². The summed E-state index contributed by atoms with van der Waals surface area (Å²) in [5, 5.41) is 9.78. The van der Waals surface area contributed by atoms with Gasteiger partial charge in [0.1, 0.15) is 11.4 Å². The number of aromatic carboxylic acids is 1. The first kappa shape index (κ1) is 22.7. The fourth-order valence-electron chi connectivity index (χ4n) is 4.10. The topological polar surface area (TPSA) is 87.2 Å². The molecule has 2 amide bonds. The molecule has 0 radical (unpaired) electrons.